The molecule has 1 heterocycles. The van der Waals surface area contributed by atoms with Crippen LogP contribution in [0.25, 0.3) is 10.8 Å². The van der Waals surface area contributed by atoms with Crippen LogP contribution in [-0.2, 0) is 0 Å². The summed E-state index contributed by atoms with van der Waals surface area (Å²) in [7, 11) is 1.65. The Morgan fingerprint density at radius 2 is 1.95 bits per heavy atom. The molecular weight excluding hydrogens is 264 g/mol. The Hall–Kier alpha value is -2.75. The molecule has 0 saturated carbocycles. The summed E-state index contributed by atoms with van der Waals surface area (Å²) in [6.45, 7) is 1.96. The van der Waals surface area contributed by atoms with Crippen molar-refractivity contribution in [2.75, 3.05) is 12.8 Å². The predicted molar refractivity (Wildman–Crippen MR) is 84.0 cm³/mol. The number of hydrogen-bond acceptors (Lipinski definition) is 4. The summed E-state index contributed by atoms with van der Waals surface area (Å²) in [4.78, 5) is 4.32. The van der Waals surface area contributed by atoms with Crippen LogP contribution in [0.2, 0.25) is 0 Å². The van der Waals surface area contributed by atoms with Gasteiger partial charge in [0.05, 0.1) is 12.8 Å². The number of ether oxygens (including phenoxy) is 2. The molecule has 3 aromatic rings. The minimum Gasteiger partial charge on any atom is -0.497 e. The summed E-state index contributed by atoms with van der Waals surface area (Å²) in [6.07, 6.45) is 1.71. The van der Waals surface area contributed by atoms with Gasteiger partial charge in [-0.3, -0.25) is 0 Å². The first-order valence-electron chi connectivity index (χ1n) is 6.65. The van der Waals surface area contributed by atoms with Crippen molar-refractivity contribution >= 4 is 16.5 Å². The van der Waals surface area contributed by atoms with Crippen molar-refractivity contribution in [1.29, 1.82) is 0 Å². The van der Waals surface area contributed by atoms with E-state index in [0.29, 0.717) is 17.3 Å². The van der Waals surface area contributed by atoms with E-state index in [9.17, 15) is 0 Å². The fraction of sp³-hybridized carbons (Fsp3) is 0.118. The minimum absolute atomic E-state index is 0.538. The van der Waals surface area contributed by atoms with Gasteiger partial charge in [0.1, 0.15) is 5.75 Å². The van der Waals surface area contributed by atoms with Crippen LogP contribution in [0.3, 0.4) is 0 Å². The second kappa shape index (κ2) is 5.32. The molecule has 0 fully saturated rings. The molecule has 0 atom stereocenters. The number of aryl methyl sites for hydroxylation is 1. The predicted octanol–water partition coefficient (Wildman–Crippen LogP) is 3.93. The Morgan fingerprint density at radius 3 is 2.71 bits per heavy atom. The van der Waals surface area contributed by atoms with Crippen molar-refractivity contribution in [3.8, 4) is 17.4 Å². The number of pyridine rings is 1. The van der Waals surface area contributed by atoms with Crippen LogP contribution >= 0.6 is 0 Å². The summed E-state index contributed by atoms with van der Waals surface area (Å²) < 4.78 is 11.2. The lowest BCUT2D eigenvalue weighted by molar-refractivity contribution is 0.415. The van der Waals surface area contributed by atoms with E-state index >= 15 is 0 Å². The molecule has 0 spiro atoms. The summed E-state index contributed by atoms with van der Waals surface area (Å²) in [5, 5.41) is 1.92. The molecule has 0 aliphatic carbocycles. The zero-order chi connectivity index (χ0) is 14.8. The fourth-order valence-electron chi connectivity index (χ4n) is 2.25. The van der Waals surface area contributed by atoms with Crippen molar-refractivity contribution in [2.45, 2.75) is 6.92 Å². The third-order valence-corrected chi connectivity index (χ3v) is 3.38. The molecule has 1 aromatic heterocycles. The van der Waals surface area contributed by atoms with Gasteiger partial charge in [0, 0.05) is 11.6 Å². The Bertz CT molecular complexity index is 780. The third kappa shape index (κ3) is 2.48. The maximum Gasteiger partial charge on any atom is 0.227 e. The van der Waals surface area contributed by atoms with Crippen LogP contribution in [0.1, 0.15) is 5.56 Å². The van der Waals surface area contributed by atoms with Crippen molar-refractivity contribution in [3.05, 3.63) is 54.2 Å². The van der Waals surface area contributed by atoms with E-state index in [0.717, 1.165) is 22.1 Å². The third-order valence-electron chi connectivity index (χ3n) is 3.38. The van der Waals surface area contributed by atoms with Gasteiger partial charge in [-0.1, -0.05) is 12.1 Å². The number of nitrogen functional groups attached to an aromatic ring is 1. The second-order valence-corrected chi connectivity index (χ2v) is 4.80. The first-order valence-corrected chi connectivity index (χ1v) is 6.65. The Balaban J connectivity index is 2.09. The average molecular weight is 280 g/mol. The number of anilines is 1. The molecule has 0 saturated heterocycles. The summed E-state index contributed by atoms with van der Waals surface area (Å²) >= 11 is 0. The SMILES string of the molecule is COc1ccc2c(Oc3c(C)cccc3N)nccc2c1. The van der Waals surface area contributed by atoms with Crippen LogP contribution in [0, 0.1) is 6.92 Å². The van der Waals surface area contributed by atoms with E-state index in [4.69, 9.17) is 15.2 Å². The highest BCUT2D eigenvalue weighted by Crippen LogP contribution is 2.34. The number of nitrogens with two attached hydrogens (primary N) is 1. The van der Waals surface area contributed by atoms with Gasteiger partial charge in [-0.05, 0) is 48.2 Å². The fourth-order valence-corrected chi connectivity index (χ4v) is 2.25. The molecule has 0 bridgehead atoms. The van der Waals surface area contributed by atoms with Gasteiger partial charge < -0.3 is 15.2 Å². The lowest BCUT2D eigenvalue weighted by Crippen LogP contribution is -1.96. The van der Waals surface area contributed by atoms with E-state index < -0.39 is 0 Å². The molecule has 0 unspecified atom stereocenters. The first kappa shape index (κ1) is 13.2. The van der Waals surface area contributed by atoms with Gasteiger partial charge in [0.2, 0.25) is 5.88 Å². The normalized spacial score (nSPS) is 10.6. The van der Waals surface area contributed by atoms with Crippen molar-refractivity contribution in [2.24, 2.45) is 0 Å². The van der Waals surface area contributed by atoms with Gasteiger partial charge in [0.25, 0.3) is 0 Å². The van der Waals surface area contributed by atoms with Crippen LogP contribution in [0.15, 0.2) is 48.7 Å². The number of para-hydroxylation sites is 1. The summed E-state index contributed by atoms with van der Waals surface area (Å²) in [5.74, 6) is 1.99. The molecule has 0 amide bonds. The lowest BCUT2D eigenvalue weighted by atomic mass is 10.1. The molecular formula is C17H16N2O2. The van der Waals surface area contributed by atoms with Crippen LogP contribution in [0.5, 0.6) is 17.4 Å². The van der Waals surface area contributed by atoms with Crippen molar-refractivity contribution in [3.63, 3.8) is 0 Å². The Kier molecular flexibility index (Phi) is 3.36. The summed E-state index contributed by atoms with van der Waals surface area (Å²) in [6, 6.07) is 13.4. The largest absolute Gasteiger partial charge is 0.497 e. The quantitative estimate of drug-likeness (QED) is 0.739. The van der Waals surface area contributed by atoms with Gasteiger partial charge >= 0.3 is 0 Å². The van der Waals surface area contributed by atoms with Crippen LogP contribution in [0.4, 0.5) is 5.69 Å². The minimum atomic E-state index is 0.538. The van der Waals surface area contributed by atoms with Gasteiger partial charge in [-0.25, -0.2) is 4.98 Å². The number of hydrogen-bond donors (Lipinski definition) is 1. The van der Waals surface area contributed by atoms with E-state index in [1.54, 1.807) is 13.3 Å². The second-order valence-electron chi connectivity index (χ2n) is 4.80. The number of fused-ring (bicyclic) bond motifs is 1. The molecule has 4 heteroatoms. The molecule has 21 heavy (non-hydrogen) atoms. The monoisotopic (exact) mass is 280 g/mol. The Labute approximate surface area is 123 Å². The highest BCUT2D eigenvalue weighted by Gasteiger charge is 2.10. The number of benzene rings is 2. The molecule has 106 valence electrons. The molecule has 0 radical (unpaired) electrons. The molecule has 3 rings (SSSR count). The maximum atomic E-state index is 5.99. The molecule has 0 aliphatic heterocycles. The van der Waals surface area contributed by atoms with Crippen LogP contribution in [-0.4, -0.2) is 12.1 Å². The van der Waals surface area contributed by atoms with Gasteiger partial charge in [-0.2, -0.15) is 0 Å². The number of rotatable bonds is 3. The number of aromatic nitrogens is 1. The lowest BCUT2D eigenvalue weighted by Gasteiger charge is -2.12. The average Bonchev–Trinajstić information content (AvgIpc) is 2.50. The van der Waals surface area contributed by atoms with E-state index in [1.165, 1.54) is 0 Å². The van der Waals surface area contributed by atoms with Gasteiger partial charge in [0.15, 0.2) is 5.75 Å². The zero-order valence-corrected chi connectivity index (χ0v) is 12.0. The zero-order valence-electron chi connectivity index (χ0n) is 12.0. The van der Waals surface area contributed by atoms with E-state index in [1.807, 2.05) is 49.4 Å². The van der Waals surface area contributed by atoms with Gasteiger partial charge in [-0.15, -0.1) is 0 Å². The van der Waals surface area contributed by atoms with Crippen LogP contribution < -0.4 is 15.2 Å². The first-order chi connectivity index (χ1) is 10.2. The van der Waals surface area contributed by atoms with E-state index in [2.05, 4.69) is 4.98 Å². The smallest absolute Gasteiger partial charge is 0.227 e. The standard InChI is InChI=1S/C17H16N2O2/c1-11-4-3-5-15(18)16(11)21-17-14-7-6-13(20-2)10-12(14)8-9-19-17/h3-10H,18H2,1-2H3. The topological polar surface area (TPSA) is 57.4 Å². The maximum absolute atomic E-state index is 5.99. The molecule has 2 N–H and O–H groups in total. The Morgan fingerprint density at radius 1 is 1.10 bits per heavy atom. The summed E-state index contributed by atoms with van der Waals surface area (Å²) in [5.41, 5.74) is 7.56. The number of nitrogens with zero attached hydrogens (tertiary/aromatic N) is 1. The highest BCUT2D eigenvalue weighted by molar-refractivity contribution is 5.88. The van der Waals surface area contributed by atoms with Crippen molar-refractivity contribution in [1.82, 2.24) is 4.98 Å². The number of methoxy groups -OCH3 is 1. The highest BCUT2D eigenvalue weighted by atomic mass is 16.5. The van der Waals surface area contributed by atoms with Crippen molar-refractivity contribution < 1.29 is 9.47 Å². The molecule has 4 nitrogen and oxygen atoms in total. The van der Waals surface area contributed by atoms with E-state index in [-0.39, 0.29) is 0 Å². The molecule has 0 aliphatic rings. The molecule has 2 aromatic carbocycles.